The predicted octanol–water partition coefficient (Wildman–Crippen LogP) is 5.43. The standard InChI is InChI=1S/C36H38N4O8/c1-35(2,3)47-30(42)18-19-36-31(46-33(38-36)24-12-16-26(17-13-24)45-21-7-20-41)27-8-5-6-9-28(27)40(34(36)43)22-29-37-32(48-39-29)23-10-14-25(44-4)15-11-23/h5-6,8-17,31,41H,7,18-22H2,1-4H3/t31-,36-/m1/s1. The molecule has 250 valence electrons. The van der Waals surface area contributed by atoms with E-state index in [4.69, 9.17) is 33.6 Å². The molecule has 1 N–H and O–H groups in total. The maximum absolute atomic E-state index is 14.8. The molecule has 0 aliphatic carbocycles. The highest BCUT2D eigenvalue weighted by Crippen LogP contribution is 2.51. The molecule has 4 aromatic rings. The summed E-state index contributed by atoms with van der Waals surface area (Å²) in [7, 11) is 1.59. The molecule has 0 spiro atoms. The third kappa shape index (κ3) is 6.75. The maximum Gasteiger partial charge on any atom is 0.306 e. The van der Waals surface area contributed by atoms with E-state index in [0.717, 1.165) is 5.56 Å². The summed E-state index contributed by atoms with van der Waals surface area (Å²) in [6, 6.07) is 21.9. The Bertz CT molecular complexity index is 1800. The van der Waals surface area contributed by atoms with Crippen LogP contribution in [0, 0.1) is 0 Å². The number of methoxy groups -OCH3 is 1. The van der Waals surface area contributed by atoms with Crippen LogP contribution in [0.1, 0.15) is 63.1 Å². The molecule has 0 fully saturated rings. The van der Waals surface area contributed by atoms with Gasteiger partial charge in [0.05, 0.1) is 25.9 Å². The van der Waals surface area contributed by atoms with Crippen LogP contribution >= 0.6 is 0 Å². The fourth-order valence-electron chi connectivity index (χ4n) is 5.78. The number of para-hydroxylation sites is 1. The van der Waals surface area contributed by atoms with E-state index < -0.39 is 23.2 Å². The summed E-state index contributed by atoms with van der Waals surface area (Å²) in [6.45, 7) is 5.82. The summed E-state index contributed by atoms with van der Waals surface area (Å²) >= 11 is 0. The number of hydrogen-bond acceptors (Lipinski definition) is 11. The first kappa shape index (κ1) is 32.7. The van der Waals surface area contributed by atoms with E-state index in [1.165, 1.54) is 0 Å². The molecule has 12 nitrogen and oxygen atoms in total. The van der Waals surface area contributed by atoms with E-state index in [2.05, 4.69) is 10.1 Å². The molecular formula is C36H38N4O8. The van der Waals surface area contributed by atoms with E-state index in [-0.39, 0.29) is 37.8 Å². The monoisotopic (exact) mass is 654 g/mol. The van der Waals surface area contributed by atoms with E-state index in [1.54, 1.807) is 69.2 Å². The van der Waals surface area contributed by atoms with Crippen LogP contribution < -0.4 is 14.4 Å². The van der Waals surface area contributed by atoms with Crippen LogP contribution in [0.25, 0.3) is 11.5 Å². The Labute approximate surface area is 278 Å². The highest BCUT2D eigenvalue weighted by Gasteiger charge is 2.59. The van der Waals surface area contributed by atoms with E-state index in [9.17, 15) is 9.59 Å². The van der Waals surface area contributed by atoms with Crippen LogP contribution in [0.4, 0.5) is 5.69 Å². The number of nitrogens with zero attached hydrogens (tertiary/aromatic N) is 4. The van der Waals surface area contributed by atoms with Crippen LogP contribution in [0.15, 0.2) is 82.3 Å². The van der Waals surface area contributed by atoms with Gasteiger partial charge in [-0.05, 0) is 81.8 Å². The average Bonchev–Trinajstić information content (AvgIpc) is 3.72. The van der Waals surface area contributed by atoms with Gasteiger partial charge in [0.15, 0.2) is 17.5 Å². The normalized spacial score (nSPS) is 18.4. The van der Waals surface area contributed by atoms with Crippen molar-refractivity contribution in [3.8, 4) is 23.0 Å². The van der Waals surface area contributed by atoms with Crippen molar-refractivity contribution in [3.63, 3.8) is 0 Å². The fraction of sp³-hybridized carbons (Fsp3) is 0.361. The molecule has 0 saturated heterocycles. The van der Waals surface area contributed by atoms with Gasteiger partial charge in [-0.1, -0.05) is 23.4 Å². The Morgan fingerprint density at radius 3 is 2.42 bits per heavy atom. The SMILES string of the molecule is COc1ccc(-c2nc(CN3C(=O)[C@]4(CCC(=O)OC(C)(C)C)N=C(c5ccc(OCCCO)cc5)O[C@@H]4c4ccccc43)no2)cc1. The molecule has 0 saturated carbocycles. The van der Waals surface area contributed by atoms with Gasteiger partial charge in [-0.25, -0.2) is 4.99 Å². The van der Waals surface area contributed by atoms with Crippen LogP contribution in [0.2, 0.25) is 0 Å². The highest BCUT2D eigenvalue weighted by molar-refractivity contribution is 6.09. The molecule has 2 aliphatic heterocycles. The molecule has 12 heteroatoms. The molecule has 3 heterocycles. The number of amides is 1. The first-order valence-corrected chi connectivity index (χ1v) is 15.8. The van der Waals surface area contributed by atoms with Crippen molar-refractivity contribution in [1.29, 1.82) is 0 Å². The van der Waals surface area contributed by atoms with Crippen molar-refractivity contribution in [2.24, 2.45) is 4.99 Å². The topological polar surface area (TPSA) is 146 Å². The summed E-state index contributed by atoms with van der Waals surface area (Å²) < 4.78 is 28.6. The van der Waals surface area contributed by atoms with E-state index >= 15 is 0 Å². The van der Waals surface area contributed by atoms with Gasteiger partial charge in [0.1, 0.15) is 17.1 Å². The Hall–Kier alpha value is -5.23. The lowest BCUT2D eigenvalue weighted by Gasteiger charge is -2.41. The van der Waals surface area contributed by atoms with Crippen molar-refractivity contribution in [2.75, 3.05) is 25.2 Å². The summed E-state index contributed by atoms with van der Waals surface area (Å²) in [5.74, 6) is 1.40. The molecule has 0 unspecified atom stereocenters. The Balaban J connectivity index is 1.35. The first-order valence-electron chi connectivity index (χ1n) is 15.8. The number of aliphatic hydroxyl groups is 1. The smallest absolute Gasteiger partial charge is 0.306 e. The number of aromatic nitrogens is 2. The highest BCUT2D eigenvalue weighted by atomic mass is 16.6. The fourth-order valence-corrected chi connectivity index (χ4v) is 5.78. The molecular weight excluding hydrogens is 616 g/mol. The molecule has 2 atom stereocenters. The first-order chi connectivity index (χ1) is 23.1. The van der Waals surface area contributed by atoms with E-state index in [1.807, 2.05) is 36.4 Å². The van der Waals surface area contributed by atoms with Gasteiger partial charge < -0.3 is 33.5 Å². The van der Waals surface area contributed by atoms with Gasteiger partial charge in [-0.2, -0.15) is 4.98 Å². The number of carbonyl (C=O) groups is 2. The van der Waals surface area contributed by atoms with Crippen LogP contribution in [0.3, 0.4) is 0 Å². The summed E-state index contributed by atoms with van der Waals surface area (Å²) in [5.41, 5.74) is 0.555. The predicted molar refractivity (Wildman–Crippen MR) is 176 cm³/mol. The minimum Gasteiger partial charge on any atom is -0.497 e. The van der Waals surface area contributed by atoms with Crippen LogP contribution in [-0.4, -0.2) is 64.5 Å². The number of anilines is 1. The van der Waals surface area contributed by atoms with Crippen molar-refractivity contribution in [1.82, 2.24) is 10.1 Å². The number of aliphatic hydroxyl groups excluding tert-OH is 1. The second-order valence-corrected chi connectivity index (χ2v) is 12.6. The molecule has 0 bridgehead atoms. The number of rotatable bonds is 12. The molecule has 1 amide bonds. The lowest BCUT2D eigenvalue weighted by atomic mass is 9.79. The van der Waals surface area contributed by atoms with Crippen molar-refractivity contribution >= 4 is 23.5 Å². The zero-order valence-corrected chi connectivity index (χ0v) is 27.3. The Kier molecular flexibility index (Phi) is 9.18. The maximum atomic E-state index is 14.8. The molecule has 2 aliphatic rings. The van der Waals surface area contributed by atoms with Crippen LogP contribution in [-0.2, 0) is 25.6 Å². The Morgan fingerprint density at radius 2 is 1.71 bits per heavy atom. The van der Waals surface area contributed by atoms with E-state index in [0.29, 0.717) is 53.1 Å². The lowest BCUT2D eigenvalue weighted by Crippen LogP contribution is -2.54. The number of carbonyl (C=O) groups excluding carboxylic acids is 2. The zero-order valence-electron chi connectivity index (χ0n) is 27.3. The summed E-state index contributed by atoms with van der Waals surface area (Å²) in [4.78, 5) is 38.9. The average molecular weight is 655 g/mol. The van der Waals surface area contributed by atoms with Crippen molar-refractivity contribution in [3.05, 3.63) is 89.7 Å². The quantitative estimate of drug-likeness (QED) is 0.155. The third-order valence-electron chi connectivity index (χ3n) is 8.00. The number of benzene rings is 3. The third-order valence-corrected chi connectivity index (χ3v) is 8.00. The number of hydrogen-bond donors (Lipinski definition) is 1. The summed E-state index contributed by atoms with van der Waals surface area (Å²) in [6.07, 6.45) is -0.289. The van der Waals surface area contributed by atoms with Crippen LogP contribution in [0.5, 0.6) is 11.5 Å². The molecule has 0 radical (unpaired) electrons. The van der Waals surface area contributed by atoms with Crippen molar-refractivity contribution < 1.29 is 38.2 Å². The van der Waals surface area contributed by atoms with Gasteiger partial charge in [-0.15, -0.1) is 0 Å². The minimum absolute atomic E-state index is 0.00113. The molecule has 48 heavy (non-hydrogen) atoms. The minimum atomic E-state index is -1.47. The number of aliphatic imine (C=N–C) groups is 1. The summed E-state index contributed by atoms with van der Waals surface area (Å²) in [5, 5.41) is 13.2. The van der Waals surface area contributed by atoms with Gasteiger partial charge in [0.2, 0.25) is 5.90 Å². The molecule has 3 aromatic carbocycles. The number of esters is 1. The molecule has 1 aromatic heterocycles. The number of ether oxygens (including phenoxy) is 4. The zero-order chi connectivity index (χ0) is 33.9. The molecule has 6 rings (SSSR count). The number of fused-ring (bicyclic) bond motifs is 3. The van der Waals surface area contributed by atoms with Gasteiger partial charge >= 0.3 is 5.97 Å². The largest absolute Gasteiger partial charge is 0.497 e. The lowest BCUT2D eigenvalue weighted by molar-refractivity contribution is -0.155. The second kappa shape index (κ2) is 13.5. The second-order valence-electron chi connectivity index (χ2n) is 12.6. The van der Waals surface area contributed by atoms with Gasteiger partial charge in [-0.3, -0.25) is 9.59 Å². The van der Waals surface area contributed by atoms with Gasteiger partial charge in [0.25, 0.3) is 11.8 Å². The van der Waals surface area contributed by atoms with Crippen molar-refractivity contribution in [2.45, 2.75) is 63.8 Å². The van der Waals surface area contributed by atoms with Gasteiger partial charge in [0, 0.05) is 36.1 Å². The Morgan fingerprint density at radius 1 is 1.00 bits per heavy atom.